The van der Waals surface area contributed by atoms with Gasteiger partial charge in [0.1, 0.15) is 22.6 Å². The Balaban J connectivity index is 2.75. The number of nitriles is 1. The van der Waals surface area contributed by atoms with Gasteiger partial charge in [-0.3, -0.25) is 4.79 Å². The lowest BCUT2D eigenvalue weighted by molar-refractivity contribution is -0.116. The Hall–Kier alpha value is -1.80. The summed E-state index contributed by atoms with van der Waals surface area (Å²) in [4.78, 5) is 15.3. The third kappa shape index (κ3) is 1.48. The smallest absolute Gasteiger partial charge is 0.225 e. The number of pyridine rings is 1. The van der Waals surface area contributed by atoms with Crippen LogP contribution in [-0.4, -0.2) is 10.9 Å². The van der Waals surface area contributed by atoms with Gasteiger partial charge in [-0.25, -0.2) is 4.98 Å². The number of halogens is 1. The summed E-state index contributed by atoms with van der Waals surface area (Å²) >= 11 is 5.97. The third-order valence-corrected chi connectivity index (χ3v) is 2.87. The van der Waals surface area contributed by atoms with Gasteiger partial charge in [-0.15, -0.1) is 0 Å². The first kappa shape index (κ1) is 10.7. The maximum Gasteiger partial charge on any atom is 0.225 e. The molecular weight excluding hydrogens is 228 g/mol. The number of fused-ring (bicyclic) bond motifs is 1. The van der Waals surface area contributed by atoms with Crippen LogP contribution in [0.2, 0.25) is 5.15 Å². The van der Waals surface area contributed by atoms with Crippen LogP contribution in [0.25, 0.3) is 0 Å². The molecule has 2 heterocycles. The lowest BCUT2D eigenvalue weighted by Crippen LogP contribution is -2.23. The van der Waals surface area contributed by atoms with E-state index in [9.17, 15) is 4.79 Å². The molecule has 1 aliphatic rings. The number of nitrogens with one attached hydrogen (secondary N) is 1. The zero-order chi connectivity index (χ0) is 11.9. The minimum absolute atomic E-state index is 0.0423. The minimum Gasteiger partial charge on any atom is -0.382 e. The van der Waals surface area contributed by atoms with Crippen molar-refractivity contribution in [2.45, 2.75) is 19.3 Å². The SMILES string of the molecule is CC1CC(=O)Nc2c(C#N)c(N)nc(Cl)c21. The van der Waals surface area contributed by atoms with Crippen LogP contribution in [0, 0.1) is 11.3 Å². The zero-order valence-electron chi connectivity index (χ0n) is 8.54. The number of nitrogen functional groups attached to an aromatic ring is 1. The average Bonchev–Trinajstić information content (AvgIpc) is 2.15. The van der Waals surface area contributed by atoms with Crippen molar-refractivity contribution >= 4 is 29.0 Å². The molecule has 1 aromatic heterocycles. The number of hydrogen-bond donors (Lipinski definition) is 2. The van der Waals surface area contributed by atoms with E-state index in [1.807, 2.05) is 13.0 Å². The van der Waals surface area contributed by atoms with Crippen LogP contribution in [0.15, 0.2) is 0 Å². The highest BCUT2D eigenvalue weighted by molar-refractivity contribution is 6.31. The number of hydrogen-bond acceptors (Lipinski definition) is 4. The molecule has 6 heteroatoms. The monoisotopic (exact) mass is 236 g/mol. The molecule has 0 fully saturated rings. The molecule has 1 aromatic rings. The van der Waals surface area contributed by atoms with Crippen molar-refractivity contribution < 1.29 is 4.79 Å². The summed E-state index contributed by atoms with van der Waals surface area (Å²) in [6.07, 6.45) is 0.336. The second-order valence-corrected chi connectivity index (χ2v) is 4.07. The van der Waals surface area contributed by atoms with Gasteiger partial charge in [-0.2, -0.15) is 5.26 Å². The van der Waals surface area contributed by atoms with E-state index < -0.39 is 0 Å². The van der Waals surface area contributed by atoms with Crippen molar-refractivity contribution in [3.05, 3.63) is 16.3 Å². The largest absolute Gasteiger partial charge is 0.382 e. The van der Waals surface area contributed by atoms with E-state index >= 15 is 0 Å². The predicted molar refractivity (Wildman–Crippen MR) is 60.0 cm³/mol. The molecule has 0 radical (unpaired) electrons. The summed E-state index contributed by atoms with van der Waals surface area (Å²) in [5.74, 6) is -0.157. The molecular formula is C10H9ClN4O. The van der Waals surface area contributed by atoms with Crippen molar-refractivity contribution in [2.24, 2.45) is 0 Å². The number of amides is 1. The Kier molecular flexibility index (Phi) is 2.44. The van der Waals surface area contributed by atoms with Crippen molar-refractivity contribution in [3.8, 4) is 6.07 Å². The van der Waals surface area contributed by atoms with Crippen LogP contribution in [0.4, 0.5) is 11.5 Å². The van der Waals surface area contributed by atoms with E-state index in [1.165, 1.54) is 0 Å². The number of nitrogens with zero attached hydrogens (tertiary/aromatic N) is 2. The number of carbonyl (C=O) groups is 1. The van der Waals surface area contributed by atoms with Crippen LogP contribution in [0.1, 0.15) is 30.4 Å². The van der Waals surface area contributed by atoms with Crippen LogP contribution >= 0.6 is 11.6 Å². The number of rotatable bonds is 0. The summed E-state index contributed by atoms with van der Waals surface area (Å²) < 4.78 is 0. The Morgan fingerprint density at radius 1 is 1.69 bits per heavy atom. The molecule has 1 amide bonds. The third-order valence-electron chi connectivity index (χ3n) is 2.58. The van der Waals surface area contributed by atoms with Gasteiger partial charge in [-0.1, -0.05) is 18.5 Å². The molecule has 0 saturated carbocycles. The molecule has 0 saturated heterocycles. The van der Waals surface area contributed by atoms with E-state index in [0.717, 1.165) is 0 Å². The summed E-state index contributed by atoms with van der Waals surface area (Å²) in [5, 5.41) is 11.8. The van der Waals surface area contributed by atoms with Gasteiger partial charge < -0.3 is 11.1 Å². The minimum atomic E-state index is -0.141. The van der Waals surface area contributed by atoms with Gasteiger partial charge in [-0.05, 0) is 5.92 Å². The first-order chi connectivity index (χ1) is 7.54. The molecule has 0 aromatic carbocycles. The highest BCUT2D eigenvalue weighted by Gasteiger charge is 2.28. The first-order valence-corrected chi connectivity index (χ1v) is 5.11. The first-order valence-electron chi connectivity index (χ1n) is 4.73. The van der Waals surface area contributed by atoms with Gasteiger partial charge in [0.15, 0.2) is 0 Å². The normalized spacial score (nSPS) is 18.6. The molecule has 0 spiro atoms. The van der Waals surface area contributed by atoms with Crippen molar-refractivity contribution in [1.29, 1.82) is 5.26 Å². The molecule has 1 aliphatic heterocycles. The quantitative estimate of drug-likeness (QED) is 0.670. The molecule has 3 N–H and O–H groups in total. The molecule has 0 bridgehead atoms. The highest BCUT2D eigenvalue weighted by Crippen LogP contribution is 2.39. The van der Waals surface area contributed by atoms with Gasteiger partial charge in [0.05, 0.1) is 5.69 Å². The Labute approximate surface area is 97.2 Å². The maximum absolute atomic E-state index is 11.4. The Bertz CT molecular complexity index is 521. The molecule has 1 unspecified atom stereocenters. The summed E-state index contributed by atoms with van der Waals surface area (Å²) in [5.41, 5.74) is 6.85. The van der Waals surface area contributed by atoms with Crippen molar-refractivity contribution in [3.63, 3.8) is 0 Å². The van der Waals surface area contributed by atoms with Crippen LogP contribution < -0.4 is 11.1 Å². The van der Waals surface area contributed by atoms with E-state index in [1.54, 1.807) is 0 Å². The number of anilines is 2. The standard InChI is InChI=1S/C10H9ClN4O/c1-4-2-6(16)14-8-5(3-12)10(13)15-9(11)7(4)8/h4H,2H2,1H3,(H2,13,15)(H,14,16). The van der Waals surface area contributed by atoms with E-state index in [0.29, 0.717) is 17.7 Å². The van der Waals surface area contributed by atoms with Crippen molar-refractivity contribution in [2.75, 3.05) is 11.1 Å². The fourth-order valence-corrected chi connectivity index (χ4v) is 2.22. The van der Waals surface area contributed by atoms with Gasteiger partial charge in [0, 0.05) is 12.0 Å². The lowest BCUT2D eigenvalue weighted by Gasteiger charge is -2.24. The fourth-order valence-electron chi connectivity index (χ4n) is 1.85. The number of nitrogens with two attached hydrogens (primary N) is 1. The molecule has 16 heavy (non-hydrogen) atoms. The summed E-state index contributed by atoms with van der Waals surface area (Å²) in [6.45, 7) is 1.86. The molecule has 1 atom stereocenters. The van der Waals surface area contributed by atoms with Crippen LogP contribution in [-0.2, 0) is 4.79 Å². The maximum atomic E-state index is 11.4. The van der Waals surface area contributed by atoms with E-state index in [-0.39, 0.29) is 28.4 Å². The van der Waals surface area contributed by atoms with Crippen LogP contribution in [0.3, 0.4) is 0 Å². The fraction of sp³-hybridized carbons (Fsp3) is 0.300. The average molecular weight is 237 g/mol. The molecule has 0 aliphatic carbocycles. The summed E-state index contributed by atoms with van der Waals surface area (Å²) in [6, 6.07) is 1.93. The second-order valence-electron chi connectivity index (χ2n) is 3.72. The van der Waals surface area contributed by atoms with E-state index in [4.69, 9.17) is 22.6 Å². The Morgan fingerprint density at radius 3 is 3.00 bits per heavy atom. The van der Waals surface area contributed by atoms with Crippen molar-refractivity contribution in [1.82, 2.24) is 4.98 Å². The van der Waals surface area contributed by atoms with Gasteiger partial charge in [0.25, 0.3) is 0 Å². The number of carbonyl (C=O) groups excluding carboxylic acids is 1. The van der Waals surface area contributed by atoms with Crippen LogP contribution in [0.5, 0.6) is 0 Å². The Morgan fingerprint density at radius 2 is 2.38 bits per heavy atom. The second kappa shape index (κ2) is 3.65. The molecule has 5 nitrogen and oxygen atoms in total. The summed E-state index contributed by atoms with van der Waals surface area (Å²) in [7, 11) is 0. The topological polar surface area (TPSA) is 91.8 Å². The van der Waals surface area contributed by atoms with Gasteiger partial charge in [0.2, 0.25) is 5.91 Å². The lowest BCUT2D eigenvalue weighted by atomic mass is 9.92. The zero-order valence-corrected chi connectivity index (χ0v) is 9.30. The molecule has 82 valence electrons. The number of aromatic nitrogens is 1. The van der Waals surface area contributed by atoms with Gasteiger partial charge >= 0.3 is 0 Å². The molecule has 2 rings (SSSR count). The predicted octanol–water partition coefficient (Wildman–Crippen LogP) is 1.63. The van der Waals surface area contributed by atoms with E-state index in [2.05, 4.69) is 10.3 Å². The highest BCUT2D eigenvalue weighted by atomic mass is 35.5.